The summed E-state index contributed by atoms with van der Waals surface area (Å²) in [5.41, 5.74) is 7.88. The Hall–Kier alpha value is -1.52. The Kier molecular flexibility index (Phi) is 1.33. The van der Waals surface area contributed by atoms with Gasteiger partial charge in [-0.2, -0.15) is 5.10 Å². The molecule has 2 aromatic heterocycles. The molecule has 0 aromatic carbocycles. The highest BCUT2D eigenvalue weighted by Crippen LogP contribution is 2.08. The lowest BCUT2D eigenvalue weighted by Gasteiger charge is -1.98. The molecule has 0 spiro atoms. The van der Waals surface area contributed by atoms with E-state index in [2.05, 4.69) is 10.1 Å². The predicted molar refractivity (Wildman–Crippen MR) is 47.5 cm³/mol. The summed E-state index contributed by atoms with van der Waals surface area (Å²) in [6.45, 7) is 1.91. The number of fused-ring (bicyclic) bond motifs is 1. The average Bonchev–Trinajstić information content (AvgIpc) is 2.29. The van der Waals surface area contributed by atoms with E-state index in [9.17, 15) is 0 Å². The number of aryl methyl sites for hydroxylation is 1. The van der Waals surface area contributed by atoms with Crippen LogP contribution in [0.4, 0.5) is 5.82 Å². The van der Waals surface area contributed by atoms with Gasteiger partial charge in [0, 0.05) is 5.69 Å². The van der Waals surface area contributed by atoms with Crippen molar-refractivity contribution in [2.75, 3.05) is 5.73 Å². The molecule has 0 saturated heterocycles. The van der Waals surface area contributed by atoms with Crippen LogP contribution in [0, 0.1) is 6.92 Å². The zero-order valence-electron chi connectivity index (χ0n) is 6.65. The number of hydrogen-bond acceptors (Lipinski definition) is 3. The van der Waals surface area contributed by atoms with Crippen LogP contribution in [0.25, 0.3) is 5.52 Å². The Morgan fingerprint density at radius 3 is 3.00 bits per heavy atom. The molecule has 2 aromatic rings. The molecule has 0 atom stereocenters. The van der Waals surface area contributed by atoms with Gasteiger partial charge in [-0.15, -0.1) is 0 Å². The molecule has 2 rings (SSSR count). The summed E-state index contributed by atoms with van der Waals surface area (Å²) in [7, 11) is 5.70. The van der Waals surface area contributed by atoms with E-state index in [-0.39, 0.29) is 0 Å². The molecular formula is C7H7BN4. The molecule has 0 saturated carbocycles. The largest absolute Gasteiger partial charge is 0.382 e. The lowest BCUT2D eigenvalue weighted by atomic mass is 9.98. The Bertz CT molecular complexity index is 434. The van der Waals surface area contributed by atoms with Crippen molar-refractivity contribution in [1.29, 1.82) is 0 Å². The van der Waals surface area contributed by atoms with E-state index in [0.717, 1.165) is 5.69 Å². The normalized spacial score (nSPS) is 10.8. The van der Waals surface area contributed by atoms with Gasteiger partial charge in [0.15, 0.2) is 5.82 Å². The molecule has 0 fully saturated rings. The number of nitrogen functional groups attached to an aromatic ring is 1. The van der Waals surface area contributed by atoms with E-state index in [1.54, 1.807) is 4.52 Å². The van der Waals surface area contributed by atoms with Gasteiger partial charge in [0.1, 0.15) is 19.7 Å². The number of nitrogens with two attached hydrogens (primary N) is 1. The quantitative estimate of drug-likeness (QED) is 0.521. The minimum absolute atomic E-state index is 0.413. The molecule has 58 valence electrons. The maximum atomic E-state index is 5.70. The van der Waals surface area contributed by atoms with Crippen molar-refractivity contribution in [3.05, 3.63) is 18.1 Å². The molecule has 0 unspecified atom stereocenters. The van der Waals surface area contributed by atoms with Crippen molar-refractivity contribution < 1.29 is 0 Å². The van der Waals surface area contributed by atoms with Crippen LogP contribution in [0.2, 0.25) is 0 Å². The highest BCUT2D eigenvalue weighted by atomic mass is 15.2. The predicted octanol–water partition coefficient (Wildman–Crippen LogP) is -0.586. The van der Waals surface area contributed by atoms with Crippen LogP contribution < -0.4 is 11.2 Å². The molecule has 12 heavy (non-hydrogen) atoms. The Morgan fingerprint density at radius 1 is 1.58 bits per heavy atom. The second-order valence-electron chi connectivity index (χ2n) is 2.65. The SMILES string of the molecule is [B]c1cc(C)n2ncnc(N)c12. The van der Waals surface area contributed by atoms with Gasteiger partial charge < -0.3 is 5.73 Å². The highest BCUT2D eigenvalue weighted by Gasteiger charge is 2.05. The smallest absolute Gasteiger partial charge is 0.150 e. The average molecular weight is 158 g/mol. The Morgan fingerprint density at radius 2 is 2.33 bits per heavy atom. The molecular weight excluding hydrogens is 151 g/mol. The number of hydrogen-bond donors (Lipinski definition) is 1. The standard InChI is InChI=1S/C7H7BN4/c1-4-2-5(8)6-7(9)10-3-11-12(4)6/h2-3H,1H3,(H2,9,10,11). The minimum atomic E-state index is 0.413. The number of anilines is 1. The molecule has 0 bridgehead atoms. The maximum Gasteiger partial charge on any atom is 0.150 e. The van der Waals surface area contributed by atoms with E-state index >= 15 is 0 Å². The first-order valence-corrected chi connectivity index (χ1v) is 3.54. The van der Waals surface area contributed by atoms with Crippen LogP contribution in [0.5, 0.6) is 0 Å². The molecule has 0 amide bonds. The van der Waals surface area contributed by atoms with E-state index < -0.39 is 0 Å². The summed E-state index contributed by atoms with van der Waals surface area (Å²) >= 11 is 0. The Balaban J connectivity index is 2.99. The van der Waals surface area contributed by atoms with Gasteiger partial charge >= 0.3 is 0 Å². The summed E-state index contributed by atoms with van der Waals surface area (Å²) in [5.74, 6) is 0.413. The van der Waals surface area contributed by atoms with Gasteiger partial charge in [-0.05, 0) is 13.0 Å². The number of aromatic nitrogens is 3. The summed E-state index contributed by atoms with van der Waals surface area (Å²) in [6.07, 6.45) is 1.41. The van der Waals surface area contributed by atoms with Gasteiger partial charge in [0.2, 0.25) is 0 Å². The van der Waals surface area contributed by atoms with Gasteiger partial charge in [-0.1, -0.05) is 5.46 Å². The first-order valence-electron chi connectivity index (χ1n) is 3.54. The third kappa shape index (κ3) is 0.793. The zero-order chi connectivity index (χ0) is 8.72. The topological polar surface area (TPSA) is 56.2 Å². The molecule has 0 aliphatic rings. The van der Waals surface area contributed by atoms with Crippen LogP contribution in [0.3, 0.4) is 0 Å². The van der Waals surface area contributed by atoms with Gasteiger partial charge in [0.25, 0.3) is 0 Å². The minimum Gasteiger partial charge on any atom is -0.382 e. The molecule has 2 radical (unpaired) electrons. The van der Waals surface area contributed by atoms with Gasteiger partial charge in [-0.3, -0.25) is 0 Å². The zero-order valence-corrected chi connectivity index (χ0v) is 6.65. The van der Waals surface area contributed by atoms with Crippen LogP contribution >= 0.6 is 0 Å². The first-order chi connectivity index (χ1) is 5.70. The summed E-state index contributed by atoms with van der Waals surface area (Å²) in [4.78, 5) is 3.85. The van der Waals surface area contributed by atoms with Crippen molar-refractivity contribution in [2.24, 2.45) is 0 Å². The fourth-order valence-electron chi connectivity index (χ4n) is 1.26. The second kappa shape index (κ2) is 2.23. The number of nitrogens with zero attached hydrogens (tertiary/aromatic N) is 3. The number of rotatable bonds is 0. The highest BCUT2D eigenvalue weighted by molar-refractivity contribution is 6.37. The summed E-state index contributed by atoms with van der Waals surface area (Å²) in [6, 6.07) is 1.82. The third-order valence-corrected chi connectivity index (χ3v) is 1.79. The van der Waals surface area contributed by atoms with Crippen molar-refractivity contribution in [1.82, 2.24) is 14.6 Å². The molecule has 5 heteroatoms. The van der Waals surface area contributed by atoms with Crippen molar-refractivity contribution in [3.63, 3.8) is 0 Å². The van der Waals surface area contributed by atoms with Gasteiger partial charge in [-0.25, -0.2) is 9.50 Å². The second-order valence-corrected chi connectivity index (χ2v) is 2.65. The van der Waals surface area contributed by atoms with Crippen molar-refractivity contribution in [3.8, 4) is 0 Å². The molecule has 4 nitrogen and oxygen atoms in total. The van der Waals surface area contributed by atoms with Crippen LogP contribution in [-0.4, -0.2) is 22.4 Å². The molecule has 2 N–H and O–H groups in total. The fraction of sp³-hybridized carbons (Fsp3) is 0.143. The molecule has 2 heterocycles. The summed E-state index contributed by atoms with van der Waals surface area (Å²) < 4.78 is 1.68. The van der Waals surface area contributed by atoms with Crippen LogP contribution in [0.15, 0.2) is 12.4 Å². The fourth-order valence-corrected chi connectivity index (χ4v) is 1.26. The lowest BCUT2D eigenvalue weighted by molar-refractivity contribution is 0.876. The summed E-state index contributed by atoms with van der Waals surface area (Å²) in [5, 5.41) is 4.01. The van der Waals surface area contributed by atoms with Gasteiger partial charge in [0.05, 0.1) is 0 Å². The maximum absolute atomic E-state index is 5.70. The Labute approximate surface area is 70.8 Å². The molecule has 0 aliphatic heterocycles. The van der Waals surface area contributed by atoms with E-state index in [0.29, 0.717) is 16.8 Å². The first kappa shape index (κ1) is 7.15. The van der Waals surface area contributed by atoms with Crippen LogP contribution in [-0.2, 0) is 0 Å². The van der Waals surface area contributed by atoms with E-state index in [1.807, 2.05) is 13.0 Å². The lowest BCUT2D eigenvalue weighted by Crippen LogP contribution is -2.06. The van der Waals surface area contributed by atoms with E-state index in [1.165, 1.54) is 6.33 Å². The van der Waals surface area contributed by atoms with E-state index in [4.69, 9.17) is 13.6 Å². The van der Waals surface area contributed by atoms with Crippen molar-refractivity contribution >= 4 is 24.6 Å². The molecule has 0 aliphatic carbocycles. The van der Waals surface area contributed by atoms with Crippen molar-refractivity contribution in [2.45, 2.75) is 6.92 Å². The van der Waals surface area contributed by atoms with Crippen LogP contribution in [0.1, 0.15) is 5.69 Å². The monoisotopic (exact) mass is 158 g/mol. The third-order valence-electron chi connectivity index (χ3n) is 1.79.